The quantitative estimate of drug-likeness (QED) is 0.855. The minimum atomic E-state index is -0.496. The molecule has 0 bridgehead atoms. The van der Waals surface area contributed by atoms with E-state index in [1.54, 1.807) is 11.3 Å². The van der Waals surface area contributed by atoms with E-state index < -0.39 is 5.92 Å². The second kappa shape index (κ2) is 7.68. The van der Waals surface area contributed by atoms with Gasteiger partial charge >= 0.3 is 0 Å². The maximum atomic E-state index is 13.0. The molecule has 2 aromatic rings. The molecule has 0 fully saturated rings. The lowest BCUT2D eigenvalue weighted by Gasteiger charge is -2.29. The van der Waals surface area contributed by atoms with Crippen molar-refractivity contribution in [1.29, 1.82) is 5.26 Å². The third kappa shape index (κ3) is 3.53. The summed E-state index contributed by atoms with van der Waals surface area (Å²) >= 11 is 3.00. The first kappa shape index (κ1) is 17.5. The Hall–Kier alpha value is -2.36. The minimum Gasteiger partial charge on any atom is -0.325 e. The molecule has 1 amide bonds. The van der Waals surface area contributed by atoms with Crippen LogP contribution in [0.3, 0.4) is 0 Å². The van der Waals surface area contributed by atoms with E-state index in [-0.39, 0.29) is 11.8 Å². The van der Waals surface area contributed by atoms with Crippen molar-refractivity contribution in [2.75, 3.05) is 11.6 Å². The topological polar surface area (TPSA) is 65.2 Å². The van der Waals surface area contributed by atoms with Crippen LogP contribution in [0.5, 0.6) is 0 Å². The molecule has 0 radical (unpaired) electrons. The highest BCUT2D eigenvalue weighted by Gasteiger charge is 2.39. The second-order valence-electron chi connectivity index (χ2n) is 5.61. The summed E-state index contributed by atoms with van der Waals surface area (Å²) in [5.41, 5.74) is 2.03. The Morgan fingerprint density at radius 2 is 2.04 bits per heavy atom. The van der Waals surface area contributed by atoms with Gasteiger partial charge in [0.15, 0.2) is 0 Å². The van der Waals surface area contributed by atoms with Gasteiger partial charge in [-0.05, 0) is 36.8 Å². The van der Waals surface area contributed by atoms with Crippen molar-refractivity contribution in [3.8, 4) is 6.07 Å². The number of carbonyl (C=O) groups is 1. The third-order valence-electron chi connectivity index (χ3n) is 4.09. The number of nitrogens with zero attached hydrogens (tertiary/aromatic N) is 2. The van der Waals surface area contributed by atoms with Crippen LogP contribution < -0.4 is 5.32 Å². The molecular formula is C19H17N3OS2. The molecule has 0 aliphatic carbocycles. The number of allylic oxidation sites excluding steroid dienone is 1. The first-order valence-electron chi connectivity index (χ1n) is 7.78. The monoisotopic (exact) mass is 367 g/mol. The number of para-hydroxylation sites is 1. The maximum absolute atomic E-state index is 13.0. The van der Waals surface area contributed by atoms with Crippen LogP contribution in [-0.2, 0) is 4.79 Å². The Bertz CT molecular complexity index is 864. The van der Waals surface area contributed by atoms with Gasteiger partial charge in [0.25, 0.3) is 0 Å². The van der Waals surface area contributed by atoms with Crippen molar-refractivity contribution in [3.05, 3.63) is 63.3 Å². The number of nitriles is 1. The summed E-state index contributed by atoms with van der Waals surface area (Å²) in [6.45, 7) is 1.86. The second-order valence-corrected chi connectivity index (χ2v) is 7.39. The van der Waals surface area contributed by atoms with Crippen LogP contribution in [0.4, 0.5) is 5.69 Å². The number of thioether (sulfide) groups is 1. The SMILES string of the molecule is CSC1=C(C#N)[C@@H](c2cccs2)C(C(=O)Nc2ccccc2)C(C)=N1. The fraction of sp³-hybridized carbons (Fsp3) is 0.211. The van der Waals surface area contributed by atoms with Gasteiger partial charge in [0.05, 0.1) is 17.6 Å². The highest BCUT2D eigenvalue weighted by Crippen LogP contribution is 2.43. The van der Waals surface area contributed by atoms with Crippen LogP contribution in [0.2, 0.25) is 0 Å². The van der Waals surface area contributed by atoms with Crippen LogP contribution in [0, 0.1) is 17.2 Å². The van der Waals surface area contributed by atoms with Gasteiger partial charge in [0, 0.05) is 22.2 Å². The predicted molar refractivity (Wildman–Crippen MR) is 105 cm³/mol. The molecule has 4 nitrogen and oxygen atoms in total. The van der Waals surface area contributed by atoms with E-state index in [0.717, 1.165) is 16.3 Å². The normalized spacial score (nSPS) is 20.0. The zero-order valence-electron chi connectivity index (χ0n) is 13.9. The molecule has 1 unspecified atom stereocenters. The molecule has 1 N–H and O–H groups in total. The summed E-state index contributed by atoms with van der Waals surface area (Å²) in [5, 5.41) is 15.3. The number of carbonyl (C=O) groups excluding carboxylic acids is 1. The third-order valence-corrected chi connectivity index (χ3v) is 5.74. The Balaban J connectivity index is 2.02. The smallest absolute Gasteiger partial charge is 0.234 e. The molecule has 2 heterocycles. The highest BCUT2D eigenvalue weighted by atomic mass is 32.2. The average Bonchev–Trinajstić information content (AvgIpc) is 3.15. The lowest BCUT2D eigenvalue weighted by Crippen LogP contribution is -2.36. The summed E-state index contributed by atoms with van der Waals surface area (Å²) in [4.78, 5) is 18.6. The van der Waals surface area contributed by atoms with Gasteiger partial charge in [-0.2, -0.15) is 5.26 Å². The molecule has 6 heteroatoms. The summed E-state index contributed by atoms with van der Waals surface area (Å²) < 4.78 is 0. The number of rotatable bonds is 4. The molecule has 1 aliphatic heterocycles. The van der Waals surface area contributed by atoms with Crippen molar-refractivity contribution >= 4 is 40.4 Å². The van der Waals surface area contributed by atoms with E-state index in [9.17, 15) is 10.1 Å². The first-order chi connectivity index (χ1) is 12.2. The van der Waals surface area contributed by atoms with E-state index >= 15 is 0 Å². The number of nitrogens with one attached hydrogen (secondary N) is 1. The number of hydrogen-bond acceptors (Lipinski definition) is 5. The fourth-order valence-electron chi connectivity index (χ4n) is 2.96. The van der Waals surface area contributed by atoms with Crippen molar-refractivity contribution in [2.45, 2.75) is 12.8 Å². The molecule has 0 saturated carbocycles. The Kier molecular flexibility index (Phi) is 5.37. The summed E-state index contributed by atoms with van der Waals surface area (Å²) in [6.07, 6.45) is 1.90. The molecule has 25 heavy (non-hydrogen) atoms. The van der Waals surface area contributed by atoms with Crippen molar-refractivity contribution < 1.29 is 4.79 Å². The molecule has 1 aromatic heterocycles. The van der Waals surface area contributed by atoms with Gasteiger partial charge in [-0.15, -0.1) is 23.1 Å². The Morgan fingerprint density at radius 3 is 2.64 bits per heavy atom. The van der Waals surface area contributed by atoms with E-state index in [1.807, 2.05) is 61.0 Å². The molecule has 126 valence electrons. The molecule has 2 atom stereocenters. The fourth-order valence-corrected chi connectivity index (χ4v) is 4.46. The van der Waals surface area contributed by atoms with Crippen molar-refractivity contribution in [1.82, 2.24) is 0 Å². The largest absolute Gasteiger partial charge is 0.325 e. The summed E-state index contributed by atoms with van der Waals surface area (Å²) in [5.74, 6) is -0.933. The van der Waals surface area contributed by atoms with Crippen LogP contribution in [0.15, 0.2) is 63.4 Å². The van der Waals surface area contributed by atoms with E-state index in [4.69, 9.17) is 0 Å². The standard InChI is InChI=1S/C19H17N3OS2/c1-12-16(18(23)22-13-7-4-3-5-8-13)17(15-9-6-10-25-15)14(11-20)19(21-12)24-2/h3-10,16-17H,1-2H3,(H,22,23)/t16?,17-/m0/s1. The van der Waals surface area contributed by atoms with Crippen LogP contribution in [-0.4, -0.2) is 17.9 Å². The zero-order chi connectivity index (χ0) is 17.8. The molecule has 0 spiro atoms. The lowest BCUT2D eigenvalue weighted by molar-refractivity contribution is -0.118. The van der Waals surface area contributed by atoms with Crippen LogP contribution in [0.25, 0.3) is 0 Å². The number of anilines is 1. The molecule has 3 rings (SSSR count). The molecule has 1 aromatic carbocycles. The van der Waals surface area contributed by atoms with Gasteiger partial charge in [0.1, 0.15) is 5.03 Å². The number of aliphatic imine (C=N–C) groups is 1. The van der Waals surface area contributed by atoms with Crippen molar-refractivity contribution in [3.63, 3.8) is 0 Å². The maximum Gasteiger partial charge on any atom is 0.234 e. The van der Waals surface area contributed by atoms with Gasteiger partial charge in [-0.25, -0.2) is 4.99 Å². The minimum absolute atomic E-state index is 0.140. The molecular weight excluding hydrogens is 350 g/mol. The number of hydrogen-bond donors (Lipinski definition) is 1. The summed E-state index contributed by atoms with van der Waals surface area (Å²) in [7, 11) is 0. The van der Waals surface area contributed by atoms with Crippen molar-refractivity contribution in [2.24, 2.45) is 10.9 Å². The van der Waals surface area contributed by atoms with Crippen LogP contribution in [0.1, 0.15) is 17.7 Å². The molecule has 1 aliphatic rings. The van der Waals surface area contributed by atoms with Gasteiger partial charge in [-0.1, -0.05) is 24.3 Å². The van der Waals surface area contributed by atoms with Crippen LogP contribution >= 0.6 is 23.1 Å². The van der Waals surface area contributed by atoms with E-state index in [1.165, 1.54) is 11.8 Å². The van der Waals surface area contributed by atoms with E-state index in [2.05, 4.69) is 16.4 Å². The Morgan fingerprint density at radius 1 is 1.28 bits per heavy atom. The number of amides is 1. The number of thiophene rings is 1. The first-order valence-corrected chi connectivity index (χ1v) is 9.89. The highest BCUT2D eigenvalue weighted by molar-refractivity contribution is 8.02. The lowest BCUT2D eigenvalue weighted by atomic mass is 9.80. The predicted octanol–water partition coefficient (Wildman–Crippen LogP) is 4.66. The zero-order valence-corrected chi connectivity index (χ0v) is 15.5. The average molecular weight is 367 g/mol. The van der Waals surface area contributed by atoms with Gasteiger partial charge < -0.3 is 5.32 Å². The number of benzene rings is 1. The Labute approximate surface area is 155 Å². The van der Waals surface area contributed by atoms with Gasteiger partial charge in [0.2, 0.25) is 5.91 Å². The van der Waals surface area contributed by atoms with E-state index in [0.29, 0.717) is 10.6 Å². The molecule has 0 saturated heterocycles. The van der Waals surface area contributed by atoms with Gasteiger partial charge in [-0.3, -0.25) is 4.79 Å². The summed E-state index contributed by atoms with van der Waals surface area (Å²) in [6, 6.07) is 15.6.